The molecule has 0 saturated heterocycles. The van der Waals surface area contributed by atoms with E-state index in [2.05, 4.69) is 5.01 Å². The van der Waals surface area contributed by atoms with E-state index in [1.54, 1.807) is 0 Å². The molecule has 0 radical (unpaired) electrons. The minimum absolute atomic E-state index is 0.652. The van der Waals surface area contributed by atoms with Crippen molar-refractivity contribution in [3.8, 4) is 0 Å². The summed E-state index contributed by atoms with van der Waals surface area (Å²) in [5.41, 5.74) is 1.17. The summed E-state index contributed by atoms with van der Waals surface area (Å²) in [5, 5.41) is 4.10. The zero-order valence-electron chi connectivity index (χ0n) is 7.01. The Kier molecular flexibility index (Phi) is 1.85. The van der Waals surface area contributed by atoms with Crippen LogP contribution in [-0.4, -0.2) is 30.8 Å². The Balaban J connectivity index is 2.77. The van der Waals surface area contributed by atoms with Crippen molar-refractivity contribution in [2.75, 3.05) is 20.8 Å². The molecule has 1 aliphatic rings. The quantitative estimate of drug-likeness (QED) is 0.502. The van der Waals surface area contributed by atoms with Crippen molar-refractivity contribution in [2.24, 2.45) is 0 Å². The minimum Gasteiger partial charge on any atom is -0.479 e. The van der Waals surface area contributed by atoms with Gasteiger partial charge in [-0.3, -0.25) is 0 Å². The van der Waals surface area contributed by atoms with Crippen LogP contribution in [0.4, 0.5) is 0 Å². The highest BCUT2D eigenvalue weighted by Crippen LogP contribution is 2.15. The summed E-state index contributed by atoms with van der Waals surface area (Å²) in [7, 11) is 4.03. The van der Waals surface area contributed by atoms with Crippen molar-refractivity contribution in [2.45, 2.75) is 13.8 Å². The van der Waals surface area contributed by atoms with Gasteiger partial charge in [-0.2, -0.15) is 5.01 Å². The molecule has 0 fully saturated rings. The van der Waals surface area contributed by atoms with E-state index in [1.807, 2.05) is 33.0 Å². The molecule has 0 atom stereocenters. The van der Waals surface area contributed by atoms with Crippen LogP contribution < -0.4 is 0 Å². The van der Waals surface area contributed by atoms with E-state index >= 15 is 0 Å². The molecule has 3 nitrogen and oxygen atoms in total. The van der Waals surface area contributed by atoms with E-state index in [9.17, 15) is 0 Å². The molecule has 0 unspecified atom stereocenters. The molecule has 0 aromatic heterocycles. The summed E-state index contributed by atoms with van der Waals surface area (Å²) in [5.74, 6) is 1.01. The van der Waals surface area contributed by atoms with E-state index in [-0.39, 0.29) is 0 Å². The number of hydrogen-bond donors (Lipinski definition) is 0. The number of hydrogen-bond acceptors (Lipinski definition) is 3. The molecule has 0 amide bonds. The highest BCUT2D eigenvalue weighted by Gasteiger charge is 2.15. The topological polar surface area (TPSA) is 15.7 Å². The van der Waals surface area contributed by atoms with Gasteiger partial charge in [0, 0.05) is 14.1 Å². The van der Waals surface area contributed by atoms with E-state index in [0.29, 0.717) is 6.73 Å². The number of allylic oxidation sites excluding steroid dienone is 2. The zero-order valence-corrected chi connectivity index (χ0v) is 7.01. The molecular formula is C7H14N2O. The third-order valence-corrected chi connectivity index (χ3v) is 1.97. The normalized spacial score (nSPS) is 21.4. The van der Waals surface area contributed by atoms with Crippen molar-refractivity contribution in [1.82, 2.24) is 10.0 Å². The van der Waals surface area contributed by atoms with Gasteiger partial charge in [0.05, 0.1) is 5.70 Å². The highest BCUT2D eigenvalue weighted by molar-refractivity contribution is 5.02. The molecule has 0 saturated carbocycles. The van der Waals surface area contributed by atoms with E-state index in [4.69, 9.17) is 4.74 Å². The van der Waals surface area contributed by atoms with E-state index < -0.39 is 0 Å². The number of nitrogens with zero attached hydrogens (tertiary/aromatic N) is 2. The Hall–Kier alpha value is -0.700. The Morgan fingerprint density at radius 1 is 1.30 bits per heavy atom. The molecule has 0 aliphatic carbocycles. The molecular weight excluding hydrogens is 128 g/mol. The molecule has 0 N–H and O–H groups in total. The van der Waals surface area contributed by atoms with Crippen LogP contribution in [0.5, 0.6) is 0 Å². The molecule has 0 bridgehead atoms. The lowest BCUT2D eigenvalue weighted by Crippen LogP contribution is -2.40. The molecule has 0 spiro atoms. The Morgan fingerprint density at radius 2 is 1.90 bits per heavy atom. The maximum absolute atomic E-state index is 5.34. The predicted octanol–water partition coefficient (Wildman–Crippen LogP) is 1.00. The summed E-state index contributed by atoms with van der Waals surface area (Å²) in [6, 6.07) is 0. The van der Waals surface area contributed by atoms with Crippen LogP contribution >= 0.6 is 0 Å². The number of ether oxygens (including phenoxy) is 1. The van der Waals surface area contributed by atoms with Crippen molar-refractivity contribution in [1.29, 1.82) is 0 Å². The molecule has 10 heavy (non-hydrogen) atoms. The Labute approximate surface area is 61.8 Å². The lowest BCUT2D eigenvalue weighted by atomic mass is 10.4. The van der Waals surface area contributed by atoms with E-state index in [0.717, 1.165) is 5.76 Å². The fourth-order valence-electron chi connectivity index (χ4n) is 0.865. The Bertz CT molecular complexity index is 165. The number of rotatable bonds is 0. The van der Waals surface area contributed by atoms with Gasteiger partial charge in [0.1, 0.15) is 5.76 Å². The van der Waals surface area contributed by atoms with Crippen molar-refractivity contribution in [3.63, 3.8) is 0 Å². The summed E-state index contributed by atoms with van der Waals surface area (Å²) >= 11 is 0. The van der Waals surface area contributed by atoms with Gasteiger partial charge in [0.15, 0.2) is 6.73 Å². The molecule has 1 aliphatic heterocycles. The summed E-state index contributed by atoms with van der Waals surface area (Å²) in [4.78, 5) is 0. The first kappa shape index (κ1) is 7.41. The molecule has 1 rings (SSSR count). The lowest BCUT2D eigenvalue weighted by molar-refractivity contribution is -0.0637. The standard InChI is InChI=1S/C7H14N2O/c1-6-7(2)10-5-8(3)9(6)4/h5H2,1-4H3. The van der Waals surface area contributed by atoms with Crippen LogP contribution in [0.15, 0.2) is 11.5 Å². The van der Waals surface area contributed by atoms with Crippen LogP contribution in [0.25, 0.3) is 0 Å². The van der Waals surface area contributed by atoms with Crippen LogP contribution in [-0.2, 0) is 4.74 Å². The van der Waals surface area contributed by atoms with Gasteiger partial charge in [-0.05, 0) is 13.8 Å². The maximum atomic E-state index is 5.34. The highest BCUT2D eigenvalue weighted by atomic mass is 16.5. The fraction of sp³-hybridized carbons (Fsp3) is 0.714. The van der Waals surface area contributed by atoms with Gasteiger partial charge in [-0.15, -0.1) is 0 Å². The van der Waals surface area contributed by atoms with Crippen LogP contribution in [0.1, 0.15) is 13.8 Å². The SMILES string of the molecule is CC1=C(C)N(C)N(C)CO1. The fourth-order valence-corrected chi connectivity index (χ4v) is 0.865. The summed E-state index contributed by atoms with van der Waals surface area (Å²) in [6.45, 7) is 4.68. The van der Waals surface area contributed by atoms with Crippen molar-refractivity contribution >= 4 is 0 Å². The summed E-state index contributed by atoms with van der Waals surface area (Å²) in [6.07, 6.45) is 0. The van der Waals surface area contributed by atoms with Gasteiger partial charge >= 0.3 is 0 Å². The van der Waals surface area contributed by atoms with Gasteiger partial charge in [-0.25, -0.2) is 0 Å². The van der Waals surface area contributed by atoms with Crippen LogP contribution in [0, 0.1) is 0 Å². The van der Waals surface area contributed by atoms with Gasteiger partial charge in [0.2, 0.25) is 0 Å². The first-order valence-corrected chi connectivity index (χ1v) is 3.38. The average molecular weight is 142 g/mol. The predicted molar refractivity (Wildman–Crippen MR) is 39.9 cm³/mol. The molecule has 0 aromatic rings. The summed E-state index contributed by atoms with van der Waals surface area (Å²) < 4.78 is 5.34. The lowest BCUT2D eigenvalue weighted by Gasteiger charge is -2.35. The van der Waals surface area contributed by atoms with Gasteiger partial charge in [0.25, 0.3) is 0 Å². The molecule has 0 aromatic carbocycles. The second-order valence-electron chi connectivity index (χ2n) is 2.60. The van der Waals surface area contributed by atoms with Crippen LogP contribution in [0.2, 0.25) is 0 Å². The maximum Gasteiger partial charge on any atom is 0.157 e. The second-order valence-corrected chi connectivity index (χ2v) is 2.60. The largest absolute Gasteiger partial charge is 0.479 e. The van der Waals surface area contributed by atoms with Gasteiger partial charge < -0.3 is 9.75 Å². The molecule has 1 heterocycles. The van der Waals surface area contributed by atoms with Crippen LogP contribution in [0.3, 0.4) is 0 Å². The first-order chi connectivity index (χ1) is 4.63. The average Bonchev–Trinajstić information content (AvgIpc) is 1.93. The van der Waals surface area contributed by atoms with Crippen molar-refractivity contribution < 1.29 is 4.74 Å². The number of hydrazine groups is 1. The smallest absolute Gasteiger partial charge is 0.157 e. The third kappa shape index (κ3) is 1.09. The third-order valence-electron chi connectivity index (χ3n) is 1.97. The zero-order chi connectivity index (χ0) is 7.72. The van der Waals surface area contributed by atoms with Gasteiger partial charge in [-0.1, -0.05) is 0 Å². The first-order valence-electron chi connectivity index (χ1n) is 3.38. The minimum atomic E-state index is 0.652. The van der Waals surface area contributed by atoms with Crippen molar-refractivity contribution in [3.05, 3.63) is 11.5 Å². The van der Waals surface area contributed by atoms with E-state index in [1.165, 1.54) is 5.70 Å². The molecule has 58 valence electrons. The monoisotopic (exact) mass is 142 g/mol. The Morgan fingerprint density at radius 3 is 2.40 bits per heavy atom. The second kappa shape index (κ2) is 2.50. The molecule has 3 heteroatoms.